The van der Waals surface area contributed by atoms with E-state index >= 15 is 0 Å². The largest absolute Gasteiger partial charge is 0.456 e. The van der Waals surface area contributed by atoms with Crippen LogP contribution in [0, 0.1) is 0 Å². The Balaban J connectivity index is 1.12. The Morgan fingerprint density at radius 1 is 0.274 bits per heavy atom. The van der Waals surface area contributed by atoms with Crippen LogP contribution < -0.4 is 4.90 Å². The van der Waals surface area contributed by atoms with Crippen molar-refractivity contribution < 1.29 is 4.42 Å². The first-order valence-corrected chi connectivity index (χ1v) is 21.2. The van der Waals surface area contributed by atoms with Crippen LogP contribution >= 0.6 is 0 Å². The van der Waals surface area contributed by atoms with Crippen molar-refractivity contribution in [3.8, 4) is 44.5 Å². The van der Waals surface area contributed by atoms with Gasteiger partial charge in [-0.1, -0.05) is 176 Å². The third-order valence-corrected chi connectivity index (χ3v) is 12.4. The van der Waals surface area contributed by atoms with Gasteiger partial charge >= 0.3 is 0 Å². The van der Waals surface area contributed by atoms with Crippen molar-refractivity contribution in [2.75, 3.05) is 4.90 Å². The minimum Gasteiger partial charge on any atom is -0.456 e. The maximum absolute atomic E-state index is 6.39. The summed E-state index contributed by atoms with van der Waals surface area (Å²) in [4.78, 5) is 2.43. The molecule has 0 radical (unpaired) electrons. The first kappa shape index (κ1) is 35.7. The van der Waals surface area contributed by atoms with E-state index in [0.29, 0.717) is 0 Å². The summed E-state index contributed by atoms with van der Waals surface area (Å²) >= 11 is 0. The fraction of sp³-hybridized carbons (Fsp3) is 0. The average molecular weight is 790 g/mol. The predicted octanol–water partition coefficient (Wildman–Crippen LogP) is 17.2. The van der Waals surface area contributed by atoms with E-state index in [0.717, 1.165) is 55.7 Å². The molecule has 0 N–H and O–H groups in total. The average Bonchev–Trinajstić information content (AvgIpc) is 3.72. The predicted molar refractivity (Wildman–Crippen MR) is 263 cm³/mol. The van der Waals surface area contributed by atoms with Crippen molar-refractivity contribution in [1.29, 1.82) is 0 Å². The smallest absolute Gasteiger partial charge is 0.135 e. The molecule has 0 amide bonds. The monoisotopic (exact) mass is 789 g/mol. The summed E-state index contributed by atoms with van der Waals surface area (Å²) in [5.74, 6) is 0. The maximum Gasteiger partial charge on any atom is 0.135 e. The van der Waals surface area contributed by atoms with Gasteiger partial charge < -0.3 is 9.32 Å². The second-order valence-electron chi connectivity index (χ2n) is 16.1. The summed E-state index contributed by atoms with van der Waals surface area (Å²) < 4.78 is 6.39. The number of hydrogen-bond donors (Lipinski definition) is 0. The number of para-hydroxylation sites is 1. The molecule has 12 aromatic rings. The normalized spacial score (nSPS) is 11.5. The zero-order valence-corrected chi connectivity index (χ0v) is 33.9. The van der Waals surface area contributed by atoms with Crippen molar-refractivity contribution in [3.63, 3.8) is 0 Å². The molecule has 0 unspecified atom stereocenters. The summed E-state index contributed by atoms with van der Waals surface area (Å²) in [6.45, 7) is 0. The quantitative estimate of drug-likeness (QED) is 0.150. The van der Waals surface area contributed by atoms with E-state index in [1.165, 1.54) is 60.1 Å². The van der Waals surface area contributed by atoms with Crippen LogP contribution in [0.1, 0.15) is 0 Å². The van der Waals surface area contributed by atoms with Gasteiger partial charge in [-0.25, -0.2) is 0 Å². The van der Waals surface area contributed by atoms with Crippen LogP contribution in [0.15, 0.2) is 241 Å². The lowest BCUT2D eigenvalue weighted by atomic mass is 9.87. The number of nitrogens with zero attached hydrogens (tertiary/aromatic N) is 1. The molecule has 1 heterocycles. The summed E-state index contributed by atoms with van der Waals surface area (Å²) in [5, 5.41) is 9.61. The molecular formula is C60H39NO. The van der Waals surface area contributed by atoms with E-state index in [1.54, 1.807) is 0 Å². The van der Waals surface area contributed by atoms with Crippen LogP contribution in [0.5, 0.6) is 0 Å². The van der Waals surface area contributed by atoms with E-state index in [9.17, 15) is 0 Å². The third-order valence-electron chi connectivity index (χ3n) is 12.4. The van der Waals surface area contributed by atoms with Gasteiger partial charge in [0, 0.05) is 27.7 Å². The standard InChI is InChI=1S/C60H39NO/c1-2-13-40(14-3-1)42-27-32-48(33-28-42)61(49-34-29-43(30-35-49)45-26-25-41-15-4-5-16-44(41)37-45)57-23-12-22-54(55-38-46-17-6-7-18-50(46)51-19-8-9-20-52(51)55)60(57)47-31-36-59-56(39-47)53-21-10-11-24-58(53)62-59/h1-39H. The van der Waals surface area contributed by atoms with E-state index in [2.05, 4.69) is 235 Å². The van der Waals surface area contributed by atoms with Crippen molar-refractivity contribution in [3.05, 3.63) is 237 Å². The van der Waals surface area contributed by atoms with Crippen LogP contribution in [-0.2, 0) is 0 Å². The van der Waals surface area contributed by atoms with Gasteiger partial charge in [-0.15, -0.1) is 0 Å². The molecule has 2 heteroatoms. The zero-order valence-electron chi connectivity index (χ0n) is 33.9. The summed E-state index contributed by atoms with van der Waals surface area (Å²) in [6.07, 6.45) is 0. The summed E-state index contributed by atoms with van der Waals surface area (Å²) in [6, 6.07) is 85.7. The van der Waals surface area contributed by atoms with Gasteiger partial charge in [-0.05, 0) is 132 Å². The van der Waals surface area contributed by atoms with Gasteiger partial charge in [0.15, 0.2) is 0 Å². The highest BCUT2D eigenvalue weighted by Gasteiger charge is 2.23. The van der Waals surface area contributed by atoms with E-state index in [1.807, 2.05) is 6.07 Å². The molecule has 0 bridgehead atoms. The van der Waals surface area contributed by atoms with Crippen LogP contribution in [0.2, 0.25) is 0 Å². The fourth-order valence-corrected chi connectivity index (χ4v) is 9.45. The van der Waals surface area contributed by atoms with Crippen LogP contribution in [0.25, 0.3) is 98.8 Å². The molecule has 290 valence electrons. The Morgan fingerprint density at radius 3 is 1.61 bits per heavy atom. The number of rotatable bonds is 7. The molecule has 0 aliphatic heterocycles. The molecule has 11 aromatic carbocycles. The fourth-order valence-electron chi connectivity index (χ4n) is 9.45. The lowest BCUT2D eigenvalue weighted by molar-refractivity contribution is 0.669. The number of hydrogen-bond acceptors (Lipinski definition) is 2. The van der Waals surface area contributed by atoms with E-state index < -0.39 is 0 Å². The van der Waals surface area contributed by atoms with E-state index in [4.69, 9.17) is 4.42 Å². The topological polar surface area (TPSA) is 16.4 Å². The molecule has 0 atom stereocenters. The highest BCUT2D eigenvalue weighted by atomic mass is 16.3. The molecule has 0 spiro atoms. The Labute approximate surface area is 360 Å². The minimum atomic E-state index is 0.878. The molecule has 2 nitrogen and oxygen atoms in total. The van der Waals surface area contributed by atoms with Crippen molar-refractivity contribution >= 4 is 71.3 Å². The Kier molecular flexibility index (Phi) is 8.53. The van der Waals surface area contributed by atoms with Crippen LogP contribution in [-0.4, -0.2) is 0 Å². The van der Waals surface area contributed by atoms with Crippen LogP contribution in [0.4, 0.5) is 17.1 Å². The second-order valence-corrected chi connectivity index (χ2v) is 16.1. The summed E-state index contributed by atoms with van der Waals surface area (Å²) in [7, 11) is 0. The van der Waals surface area contributed by atoms with Crippen molar-refractivity contribution in [2.24, 2.45) is 0 Å². The molecule has 0 saturated carbocycles. The molecule has 62 heavy (non-hydrogen) atoms. The van der Waals surface area contributed by atoms with E-state index in [-0.39, 0.29) is 0 Å². The minimum absolute atomic E-state index is 0.878. The molecule has 0 fully saturated rings. The van der Waals surface area contributed by atoms with Gasteiger partial charge in [-0.3, -0.25) is 0 Å². The zero-order chi connectivity index (χ0) is 41.0. The van der Waals surface area contributed by atoms with Crippen molar-refractivity contribution in [2.45, 2.75) is 0 Å². The maximum atomic E-state index is 6.39. The Bertz CT molecular complexity index is 3620. The van der Waals surface area contributed by atoms with Gasteiger partial charge in [0.2, 0.25) is 0 Å². The number of benzene rings is 11. The molecule has 12 rings (SSSR count). The first-order chi connectivity index (χ1) is 30.7. The Hall–Kier alpha value is -8.20. The SMILES string of the molecule is c1ccc(-c2ccc(N(c3ccc(-c4ccc5ccccc5c4)cc3)c3cccc(-c4cc5ccccc5c5ccccc45)c3-c3ccc4oc5ccccc5c4c3)cc2)cc1. The molecule has 0 saturated heterocycles. The Morgan fingerprint density at radius 2 is 0.839 bits per heavy atom. The number of fused-ring (bicyclic) bond motifs is 7. The molecule has 0 aliphatic rings. The molecular weight excluding hydrogens is 751 g/mol. The van der Waals surface area contributed by atoms with Crippen molar-refractivity contribution in [1.82, 2.24) is 0 Å². The van der Waals surface area contributed by atoms with Gasteiger partial charge in [-0.2, -0.15) is 0 Å². The highest BCUT2D eigenvalue weighted by Crippen LogP contribution is 2.49. The number of anilines is 3. The number of furan rings is 1. The van der Waals surface area contributed by atoms with Gasteiger partial charge in [0.05, 0.1) is 5.69 Å². The highest BCUT2D eigenvalue weighted by molar-refractivity contribution is 6.16. The van der Waals surface area contributed by atoms with Crippen LogP contribution in [0.3, 0.4) is 0 Å². The van der Waals surface area contributed by atoms with Gasteiger partial charge in [0.1, 0.15) is 11.2 Å². The molecule has 0 aliphatic carbocycles. The lowest BCUT2D eigenvalue weighted by Gasteiger charge is -2.30. The third kappa shape index (κ3) is 6.12. The summed E-state index contributed by atoms with van der Waals surface area (Å²) in [5.41, 5.74) is 14.3. The first-order valence-electron chi connectivity index (χ1n) is 21.2. The second kappa shape index (κ2) is 14.8. The lowest BCUT2D eigenvalue weighted by Crippen LogP contribution is -2.12. The molecule has 1 aromatic heterocycles. The van der Waals surface area contributed by atoms with Gasteiger partial charge in [0.25, 0.3) is 0 Å².